The first-order chi connectivity index (χ1) is 17.3. The molecule has 1 heterocycles. The van der Waals surface area contributed by atoms with Crippen molar-refractivity contribution in [2.75, 3.05) is 6.54 Å². The fourth-order valence-corrected chi connectivity index (χ4v) is 4.71. The van der Waals surface area contributed by atoms with Gasteiger partial charge >= 0.3 is 5.97 Å². The number of nitrogens with one attached hydrogen (secondary N) is 1. The Kier molecular flexibility index (Phi) is 7.74. The van der Waals surface area contributed by atoms with Crippen LogP contribution in [-0.4, -0.2) is 28.5 Å². The molecule has 36 heavy (non-hydrogen) atoms. The van der Waals surface area contributed by atoms with E-state index in [4.69, 9.17) is 10.1 Å². The Morgan fingerprint density at radius 3 is 2.39 bits per heavy atom. The lowest BCUT2D eigenvalue weighted by Crippen LogP contribution is -2.30. The summed E-state index contributed by atoms with van der Waals surface area (Å²) in [5.74, 6) is -3.94. The van der Waals surface area contributed by atoms with E-state index in [-0.39, 0.29) is 24.9 Å². The number of carbonyl (C=O) groups is 2. The highest BCUT2D eigenvalue weighted by molar-refractivity contribution is 9.10. The highest BCUT2D eigenvalue weighted by atomic mass is 79.9. The molecule has 0 radical (unpaired) electrons. The van der Waals surface area contributed by atoms with Gasteiger partial charge in [-0.1, -0.05) is 52.3 Å². The third-order valence-corrected chi connectivity index (χ3v) is 6.58. The van der Waals surface area contributed by atoms with Crippen LogP contribution in [0.4, 0.5) is 8.78 Å². The zero-order valence-corrected chi connectivity index (χ0v) is 21.0. The van der Waals surface area contributed by atoms with Crippen LogP contribution >= 0.6 is 15.9 Å². The second-order valence-corrected chi connectivity index (χ2v) is 9.38. The van der Waals surface area contributed by atoms with Crippen LogP contribution in [0.5, 0.6) is 0 Å². The van der Waals surface area contributed by atoms with Crippen molar-refractivity contribution >= 4 is 38.7 Å². The maximum atomic E-state index is 14.5. The summed E-state index contributed by atoms with van der Waals surface area (Å²) in [4.78, 5) is 29.5. The molecule has 4 aromatic rings. The van der Waals surface area contributed by atoms with Gasteiger partial charge in [0.1, 0.15) is 11.6 Å². The molecule has 1 unspecified atom stereocenters. The Hall–Kier alpha value is -3.65. The summed E-state index contributed by atoms with van der Waals surface area (Å²) in [6.45, 7) is 1.67. The van der Waals surface area contributed by atoms with Gasteiger partial charge in [-0.3, -0.25) is 9.59 Å². The van der Waals surface area contributed by atoms with E-state index in [9.17, 15) is 18.4 Å². The monoisotopic (exact) mass is 552 g/mol. The average Bonchev–Trinajstić information content (AvgIpc) is 2.85. The number of pyridine rings is 1. The molecule has 0 aliphatic rings. The van der Waals surface area contributed by atoms with E-state index >= 15 is 0 Å². The normalized spacial score (nSPS) is 11.9. The number of amides is 1. The smallest absolute Gasteiger partial charge is 0.303 e. The van der Waals surface area contributed by atoms with Crippen LogP contribution in [0.1, 0.15) is 40.2 Å². The first-order valence-electron chi connectivity index (χ1n) is 11.4. The van der Waals surface area contributed by atoms with Gasteiger partial charge in [0.05, 0.1) is 16.8 Å². The third-order valence-electron chi connectivity index (χ3n) is 6.09. The molecule has 0 aliphatic heterocycles. The zero-order valence-electron chi connectivity index (χ0n) is 19.4. The first kappa shape index (κ1) is 25.4. The SMILES string of the molecule is Cc1c(-c2ccccc2)nc2ccc(Br)cc2c1C(=O)NCC(CCC(=O)O)c1c(F)cccc1F. The second-order valence-electron chi connectivity index (χ2n) is 8.46. The summed E-state index contributed by atoms with van der Waals surface area (Å²) in [5, 5.41) is 12.6. The summed E-state index contributed by atoms with van der Waals surface area (Å²) in [7, 11) is 0. The number of benzene rings is 3. The largest absolute Gasteiger partial charge is 0.481 e. The molecule has 0 saturated carbocycles. The summed E-state index contributed by atoms with van der Waals surface area (Å²) in [5.41, 5.74) is 2.94. The lowest BCUT2D eigenvalue weighted by Gasteiger charge is -2.20. The van der Waals surface area contributed by atoms with E-state index in [1.807, 2.05) is 49.4 Å². The van der Waals surface area contributed by atoms with Gasteiger partial charge in [-0.05, 0) is 49.2 Å². The van der Waals surface area contributed by atoms with Crippen LogP contribution in [0.3, 0.4) is 0 Å². The molecule has 1 amide bonds. The van der Waals surface area contributed by atoms with Gasteiger partial charge in [-0.25, -0.2) is 13.8 Å². The molecular formula is C28H23BrF2N2O3. The molecule has 0 fully saturated rings. The second kappa shape index (κ2) is 11.0. The van der Waals surface area contributed by atoms with Crippen LogP contribution in [0.25, 0.3) is 22.2 Å². The quantitative estimate of drug-likeness (QED) is 0.257. The van der Waals surface area contributed by atoms with E-state index in [1.54, 1.807) is 6.07 Å². The fraction of sp³-hybridized carbons (Fsp3) is 0.179. The minimum absolute atomic E-state index is 0.0373. The van der Waals surface area contributed by atoms with E-state index in [0.29, 0.717) is 27.7 Å². The van der Waals surface area contributed by atoms with Gasteiger partial charge in [0, 0.05) is 39.9 Å². The number of fused-ring (bicyclic) bond motifs is 1. The highest BCUT2D eigenvalue weighted by Crippen LogP contribution is 2.32. The Balaban J connectivity index is 1.73. The van der Waals surface area contributed by atoms with Gasteiger partial charge in [0.25, 0.3) is 5.91 Å². The van der Waals surface area contributed by atoms with Gasteiger partial charge in [0.15, 0.2) is 0 Å². The van der Waals surface area contributed by atoms with Crippen LogP contribution < -0.4 is 5.32 Å². The molecule has 0 spiro atoms. The van der Waals surface area contributed by atoms with Gasteiger partial charge in [-0.2, -0.15) is 0 Å². The van der Waals surface area contributed by atoms with E-state index in [2.05, 4.69) is 21.2 Å². The minimum atomic E-state index is -1.09. The predicted molar refractivity (Wildman–Crippen MR) is 138 cm³/mol. The van der Waals surface area contributed by atoms with Crippen molar-refractivity contribution in [3.63, 3.8) is 0 Å². The molecule has 4 rings (SSSR count). The molecule has 3 aromatic carbocycles. The number of nitrogens with zero attached hydrogens (tertiary/aromatic N) is 1. The van der Waals surface area contributed by atoms with E-state index in [1.165, 1.54) is 6.07 Å². The number of rotatable bonds is 8. The standard InChI is InChI=1S/C28H23BrF2N2O3/c1-16-25(20-14-19(29)11-12-23(20)33-27(16)17-6-3-2-4-7-17)28(36)32-15-18(10-13-24(34)35)26-21(30)8-5-9-22(26)31/h2-9,11-12,14,18H,10,13,15H2,1H3,(H,32,36)(H,34,35). The van der Waals surface area contributed by atoms with E-state index in [0.717, 1.165) is 22.2 Å². The Bertz CT molecular complexity index is 1420. The van der Waals surface area contributed by atoms with Crippen LogP contribution in [-0.2, 0) is 4.79 Å². The van der Waals surface area contributed by atoms with Gasteiger partial charge in [0.2, 0.25) is 0 Å². The molecule has 0 saturated heterocycles. The maximum absolute atomic E-state index is 14.5. The number of aromatic nitrogens is 1. The van der Waals surface area contributed by atoms with Crippen molar-refractivity contribution in [2.45, 2.75) is 25.7 Å². The molecule has 184 valence electrons. The van der Waals surface area contributed by atoms with Crippen molar-refractivity contribution in [2.24, 2.45) is 0 Å². The Morgan fingerprint density at radius 1 is 1.03 bits per heavy atom. The molecule has 1 aromatic heterocycles. The number of carbonyl (C=O) groups excluding carboxylic acids is 1. The lowest BCUT2D eigenvalue weighted by molar-refractivity contribution is -0.137. The first-order valence-corrected chi connectivity index (χ1v) is 12.1. The number of halogens is 3. The summed E-state index contributed by atoms with van der Waals surface area (Å²) < 4.78 is 29.8. The lowest BCUT2D eigenvalue weighted by atomic mass is 9.92. The number of hydrogen-bond donors (Lipinski definition) is 2. The average molecular weight is 553 g/mol. The molecule has 2 N–H and O–H groups in total. The molecule has 5 nitrogen and oxygen atoms in total. The summed E-state index contributed by atoms with van der Waals surface area (Å²) in [6, 6.07) is 18.4. The number of hydrogen-bond acceptors (Lipinski definition) is 3. The van der Waals surface area contributed by atoms with Gasteiger partial charge < -0.3 is 10.4 Å². The minimum Gasteiger partial charge on any atom is -0.481 e. The van der Waals surface area contributed by atoms with Crippen molar-refractivity contribution in [1.29, 1.82) is 0 Å². The molecule has 0 bridgehead atoms. The molecule has 1 atom stereocenters. The van der Waals surface area contributed by atoms with Crippen molar-refractivity contribution in [1.82, 2.24) is 10.3 Å². The van der Waals surface area contributed by atoms with Gasteiger partial charge in [-0.15, -0.1) is 0 Å². The third kappa shape index (κ3) is 5.44. The zero-order chi connectivity index (χ0) is 25.8. The van der Waals surface area contributed by atoms with Crippen LogP contribution in [0, 0.1) is 18.6 Å². The topological polar surface area (TPSA) is 79.3 Å². The van der Waals surface area contributed by atoms with Crippen molar-refractivity contribution in [3.05, 3.63) is 99.5 Å². The number of carboxylic acids is 1. The fourth-order valence-electron chi connectivity index (χ4n) is 4.35. The highest BCUT2D eigenvalue weighted by Gasteiger charge is 2.24. The molecule has 8 heteroatoms. The van der Waals surface area contributed by atoms with Crippen molar-refractivity contribution in [3.8, 4) is 11.3 Å². The van der Waals surface area contributed by atoms with Crippen LogP contribution in [0.15, 0.2) is 71.2 Å². The Labute approximate surface area is 215 Å². The predicted octanol–water partition coefficient (Wildman–Crippen LogP) is 6.63. The maximum Gasteiger partial charge on any atom is 0.303 e. The molecular weight excluding hydrogens is 530 g/mol. The Morgan fingerprint density at radius 2 is 1.72 bits per heavy atom. The van der Waals surface area contributed by atoms with E-state index < -0.39 is 29.4 Å². The molecule has 0 aliphatic carbocycles. The van der Waals surface area contributed by atoms with Crippen molar-refractivity contribution < 1.29 is 23.5 Å². The summed E-state index contributed by atoms with van der Waals surface area (Å²) in [6.07, 6.45) is -0.332. The number of carboxylic acid groups (broad SMARTS) is 1. The summed E-state index contributed by atoms with van der Waals surface area (Å²) >= 11 is 3.45. The number of aliphatic carboxylic acids is 1. The van der Waals surface area contributed by atoms with Crippen LogP contribution in [0.2, 0.25) is 0 Å².